The minimum atomic E-state index is -0.488. The van der Waals surface area contributed by atoms with Gasteiger partial charge in [0.05, 0.1) is 0 Å². The first kappa shape index (κ1) is 24.4. The number of rotatable bonds is 8. The lowest BCUT2D eigenvalue weighted by molar-refractivity contribution is 0.0240. The summed E-state index contributed by atoms with van der Waals surface area (Å²) in [6.45, 7) is 14.6. The minimum absolute atomic E-state index is 0.185. The number of benzene rings is 1. The fourth-order valence-corrected chi connectivity index (χ4v) is 4.27. The van der Waals surface area contributed by atoms with Gasteiger partial charge >= 0.3 is 6.09 Å². The van der Waals surface area contributed by atoms with E-state index in [1.165, 1.54) is 25.9 Å². The van der Waals surface area contributed by atoms with Crippen LogP contribution in [0.15, 0.2) is 18.2 Å². The van der Waals surface area contributed by atoms with E-state index in [4.69, 9.17) is 4.74 Å². The van der Waals surface area contributed by atoms with Crippen molar-refractivity contribution in [2.45, 2.75) is 59.0 Å². The maximum absolute atomic E-state index is 12.7. The molecule has 2 saturated heterocycles. The first-order valence-corrected chi connectivity index (χ1v) is 12.1. The van der Waals surface area contributed by atoms with Crippen LogP contribution in [0, 0.1) is 0 Å². The van der Waals surface area contributed by atoms with Crippen molar-refractivity contribution in [3.63, 3.8) is 0 Å². The van der Waals surface area contributed by atoms with Crippen molar-refractivity contribution in [3.8, 4) is 0 Å². The molecular weight excluding hydrogens is 404 g/mol. The van der Waals surface area contributed by atoms with Crippen molar-refractivity contribution < 1.29 is 14.3 Å². The molecule has 1 aromatic carbocycles. The summed E-state index contributed by atoms with van der Waals surface area (Å²) in [5, 5.41) is 3.54. The molecule has 1 aromatic rings. The third-order valence-corrected chi connectivity index (χ3v) is 5.97. The summed E-state index contributed by atoms with van der Waals surface area (Å²) in [5.74, 6) is 0.185. The van der Waals surface area contributed by atoms with E-state index in [-0.39, 0.29) is 11.9 Å². The van der Waals surface area contributed by atoms with E-state index in [2.05, 4.69) is 21.2 Å². The van der Waals surface area contributed by atoms with E-state index in [1.807, 2.05) is 39.8 Å². The van der Waals surface area contributed by atoms with Gasteiger partial charge in [-0.2, -0.15) is 0 Å². The number of nitrogens with zero attached hydrogens (tertiary/aromatic N) is 3. The molecule has 0 spiro atoms. The SMILES string of the molecule is CCCC(=O)c1cc(NCCN2CCCC2)cc(N2CCN(C(=O)OC(C)(C)C)CC2)c1. The number of likely N-dealkylation sites (tertiary alicyclic amines) is 1. The van der Waals surface area contributed by atoms with Crippen LogP contribution >= 0.6 is 0 Å². The summed E-state index contributed by atoms with van der Waals surface area (Å²) in [7, 11) is 0. The highest BCUT2D eigenvalue weighted by Crippen LogP contribution is 2.25. The monoisotopic (exact) mass is 444 g/mol. The van der Waals surface area contributed by atoms with E-state index in [1.54, 1.807) is 4.90 Å². The molecule has 32 heavy (non-hydrogen) atoms. The van der Waals surface area contributed by atoms with Gasteiger partial charge in [0.15, 0.2) is 5.78 Å². The zero-order valence-corrected chi connectivity index (χ0v) is 20.3. The highest BCUT2D eigenvalue weighted by Gasteiger charge is 2.26. The summed E-state index contributed by atoms with van der Waals surface area (Å²) in [6, 6.07) is 6.13. The van der Waals surface area contributed by atoms with E-state index in [9.17, 15) is 9.59 Å². The molecule has 1 N–H and O–H groups in total. The molecule has 2 heterocycles. The van der Waals surface area contributed by atoms with Crippen molar-refractivity contribution in [1.82, 2.24) is 9.80 Å². The van der Waals surface area contributed by atoms with Gasteiger partial charge in [-0.3, -0.25) is 4.79 Å². The van der Waals surface area contributed by atoms with E-state index < -0.39 is 5.60 Å². The number of Topliss-reactive ketones (excluding diaryl/α,β-unsaturated/α-hetero) is 1. The Labute approximate surface area is 193 Å². The van der Waals surface area contributed by atoms with Gasteiger partial charge in [-0.1, -0.05) is 6.92 Å². The van der Waals surface area contributed by atoms with Gasteiger partial charge in [-0.15, -0.1) is 0 Å². The molecule has 0 saturated carbocycles. The molecule has 0 bridgehead atoms. The zero-order valence-electron chi connectivity index (χ0n) is 20.3. The Kier molecular flexibility index (Phi) is 8.40. The van der Waals surface area contributed by atoms with Gasteiger partial charge in [0, 0.05) is 62.6 Å². The lowest BCUT2D eigenvalue weighted by Crippen LogP contribution is -2.50. The number of piperazine rings is 1. The Balaban J connectivity index is 1.65. The number of carbonyl (C=O) groups is 2. The van der Waals surface area contributed by atoms with Crippen molar-refractivity contribution >= 4 is 23.3 Å². The van der Waals surface area contributed by atoms with Gasteiger partial charge < -0.3 is 24.8 Å². The molecule has 0 atom stereocenters. The van der Waals surface area contributed by atoms with Gasteiger partial charge in [-0.05, 0) is 71.3 Å². The number of hydrogen-bond acceptors (Lipinski definition) is 6. The largest absolute Gasteiger partial charge is 0.444 e. The van der Waals surface area contributed by atoms with Gasteiger partial charge in [-0.25, -0.2) is 4.79 Å². The van der Waals surface area contributed by atoms with Crippen molar-refractivity contribution in [2.24, 2.45) is 0 Å². The molecule has 1 amide bonds. The number of ether oxygens (including phenoxy) is 1. The Morgan fingerprint density at radius 2 is 1.69 bits per heavy atom. The second-order valence-electron chi connectivity index (χ2n) is 9.87. The third kappa shape index (κ3) is 7.12. The van der Waals surface area contributed by atoms with Gasteiger partial charge in [0.2, 0.25) is 0 Å². The van der Waals surface area contributed by atoms with Crippen molar-refractivity contribution in [2.75, 3.05) is 62.6 Å². The second-order valence-corrected chi connectivity index (χ2v) is 9.87. The average molecular weight is 445 g/mol. The number of ketones is 1. The third-order valence-electron chi connectivity index (χ3n) is 5.97. The van der Waals surface area contributed by atoms with Crippen LogP contribution in [0.1, 0.15) is 63.7 Å². The first-order chi connectivity index (χ1) is 15.2. The first-order valence-electron chi connectivity index (χ1n) is 12.1. The average Bonchev–Trinajstić information content (AvgIpc) is 3.26. The fraction of sp³-hybridized carbons (Fsp3) is 0.680. The Morgan fingerprint density at radius 3 is 2.31 bits per heavy atom. The van der Waals surface area contributed by atoms with Crippen LogP contribution in [-0.2, 0) is 4.74 Å². The van der Waals surface area contributed by atoms with Crippen LogP contribution in [0.25, 0.3) is 0 Å². The van der Waals surface area contributed by atoms with Crippen LogP contribution in [-0.4, -0.2) is 79.6 Å². The molecule has 2 fully saturated rings. The highest BCUT2D eigenvalue weighted by molar-refractivity contribution is 5.98. The molecule has 2 aliphatic rings. The second kappa shape index (κ2) is 11.0. The van der Waals surface area contributed by atoms with Crippen LogP contribution < -0.4 is 10.2 Å². The van der Waals surface area contributed by atoms with Crippen molar-refractivity contribution in [3.05, 3.63) is 23.8 Å². The molecular formula is C25H40N4O3. The van der Waals surface area contributed by atoms with Crippen LogP contribution in [0.5, 0.6) is 0 Å². The summed E-state index contributed by atoms with van der Waals surface area (Å²) in [5.41, 5.74) is 2.32. The minimum Gasteiger partial charge on any atom is -0.444 e. The fourth-order valence-electron chi connectivity index (χ4n) is 4.27. The maximum atomic E-state index is 12.7. The topological polar surface area (TPSA) is 65.1 Å². The van der Waals surface area contributed by atoms with E-state index in [0.29, 0.717) is 19.5 Å². The predicted octanol–water partition coefficient (Wildman–Crippen LogP) is 4.23. The number of anilines is 2. The quantitative estimate of drug-likeness (QED) is 0.605. The van der Waals surface area contributed by atoms with Gasteiger partial charge in [0.1, 0.15) is 5.60 Å². The molecule has 7 heteroatoms. The standard InChI is InChI=1S/C25H40N4O3/c1-5-8-23(30)20-17-21(26-9-12-27-10-6-7-11-27)19-22(18-20)28-13-15-29(16-14-28)24(31)32-25(2,3)4/h17-19,26H,5-16H2,1-4H3. The summed E-state index contributed by atoms with van der Waals surface area (Å²) in [6.07, 6.45) is 3.73. The molecule has 7 nitrogen and oxygen atoms in total. The smallest absolute Gasteiger partial charge is 0.410 e. The number of carbonyl (C=O) groups excluding carboxylic acids is 2. The summed E-state index contributed by atoms with van der Waals surface area (Å²) >= 11 is 0. The zero-order chi connectivity index (χ0) is 23.1. The molecule has 0 unspecified atom stereocenters. The van der Waals surface area contributed by atoms with Crippen molar-refractivity contribution in [1.29, 1.82) is 0 Å². The lowest BCUT2D eigenvalue weighted by atomic mass is 10.0. The summed E-state index contributed by atoms with van der Waals surface area (Å²) < 4.78 is 5.51. The lowest BCUT2D eigenvalue weighted by Gasteiger charge is -2.37. The molecule has 178 valence electrons. The molecule has 3 rings (SSSR count). The van der Waals surface area contributed by atoms with E-state index >= 15 is 0 Å². The predicted molar refractivity (Wildman–Crippen MR) is 130 cm³/mol. The highest BCUT2D eigenvalue weighted by atomic mass is 16.6. The Morgan fingerprint density at radius 1 is 1.00 bits per heavy atom. The molecule has 0 aromatic heterocycles. The van der Waals surface area contributed by atoms with E-state index in [0.717, 1.165) is 49.5 Å². The molecule has 2 aliphatic heterocycles. The van der Waals surface area contributed by atoms with Crippen LogP contribution in [0.4, 0.5) is 16.2 Å². The number of hydrogen-bond donors (Lipinski definition) is 1. The molecule has 0 aliphatic carbocycles. The summed E-state index contributed by atoms with van der Waals surface area (Å²) in [4.78, 5) is 31.6. The van der Waals surface area contributed by atoms with Gasteiger partial charge in [0.25, 0.3) is 0 Å². The van der Waals surface area contributed by atoms with Crippen LogP contribution in [0.2, 0.25) is 0 Å². The Hall–Kier alpha value is -2.28. The number of nitrogens with one attached hydrogen (secondary N) is 1. The molecule has 0 radical (unpaired) electrons. The Bertz CT molecular complexity index is 776. The normalized spacial score (nSPS) is 17.5. The maximum Gasteiger partial charge on any atom is 0.410 e. The van der Waals surface area contributed by atoms with Crippen LogP contribution in [0.3, 0.4) is 0 Å². The number of amides is 1.